The number of nitrogens with zero attached hydrogens (tertiary/aromatic N) is 2. The minimum atomic E-state index is -0.643. The van der Waals surface area contributed by atoms with Crippen molar-refractivity contribution in [3.63, 3.8) is 0 Å². The first-order chi connectivity index (χ1) is 12.7. The molecule has 0 aliphatic carbocycles. The van der Waals surface area contributed by atoms with E-state index in [0.29, 0.717) is 17.3 Å². The lowest BCUT2D eigenvalue weighted by molar-refractivity contribution is 0.0992. The fourth-order valence-electron chi connectivity index (χ4n) is 3.33. The molecule has 0 spiro atoms. The third kappa shape index (κ3) is 2.68. The number of para-hydroxylation sites is 1. The molecule has 2 aromatic carbocycles. The van der Waals surface area contributed by atoms with Gasteiger partial charge in [0.05, 0.1) is 5.88 Å². The number of aromatic nitrogens is 1. The van der Waals surface area contributed by atoms with Crippen LogP contribution in [0.4, 0.5) is 11.4 Å². The second-order valence-corrected chi connectivity index (χ2v) is 6.31. The van der Waals surface area contributed by atoms with Gasteiger partial charge in [-0.2, -0.15) is 0 Å². The van der Waals surface area contributed by atoms with Crippen molar-refractivity contribution in [3.8, 4) is 0 Å². The molecule has 26 heavy (non-hydrogen) atoms. The van der Waals surface area contributed by atoms with E-state index in [1.165, 1.54) is 0 Å². The van der Waals surface area contributed by atoms with Gasteiger partial charge in [0.15, 0.2) is 11.5 Å². The molecule has 2 unspecified atom stereocenters. The Labute approximate surface area is 155 Å². The molecule has 0 radical (unpaired) electrons. The summed E-state index contributed by atoms with van der Waals surface area (Å²) in [5.41, 5.74) is 8.02. The van der Waals surface area contributed by atoms with Crippen molar-refractivity contribution in [2.24, 2.45) is 5.73 Å². The predicted molar refractivity (Wildman–Crippen MR) is 100 cm³/mol. The molecule has 1 aromatic heterocycles. The van der Waals surface area contributed by atoms with Crippen LogP contribution in [0.1, 0.15) is 27.9 Å². The zero-order valence-electron chi connectivity index (χ0n) is 13.8. The van der Waals surface area contributed by atoms with Crippen LogP contribution in [0.15, 0.2) is 65.2 Å². The van der Waals surface area contributed by atoms with Gasteiger partial charge >= 0.3 is 0 Å². The number of carbonyl (C=O) groups excluding carboxylic acids is 1. The van der Waals surface area contributed by atoms with Gasteiger partial charge in [-0.25, -0.2) is 0 Å². The highest BCUT2D eigenvalue weighted by atomic mass is 35.5. The lowest BCUT2D eigenvalue weighted by Crippen LogP contribution is -2.49. The number of rotatable bonds is 4. The molecule has 4 rings (SSSR count). The van der Waals surface area contributed by atoms with Gasteiger partial charge in [0.25, 0.3) is 5.91 Å². The Kier molecular flexibility index (Phi) is 4.26. The number of halogens is 1. The van der Waals surface area contributed by atoms with Crippen LogP contribution in [-0.4, -0.2) is 23.1 Å². The summed E-state index contributed by atoms with van der Waals surface area (Å²) in [5, 5.41) is 7.15. The maximum Gasteiger partial charge on any atom is 0.273 e. The molecule has 3 aromatic rings. The summed E-state index contributed by atoms with van der Waals surface area (Å²) in [6.07, 6.45) is -0.269. The van der Waals surface area contributed by atoms with Gasteiger partial charge in [0.1, 0.15) is 17.9 Å². The highest BCUT2D eigenvalue weighted by Gasteiger charge is 2.40. The first kappa shape index (κ1) is 16.5. The first-order valence-corrected chi connectivity index (χ1v) is 8.74. The molecule has 6 nitrogen and oxygen atoms in total. The zero-order valence-corrected chi connectivity index (χ0v) is 14.6. The number of carbonyl (C=O) groups is 1. The summed E-state index contributed by atoms with van der Waals surface area (Å²) in [4.78, 5) is 13.9. The lowest BCUT2D eigenvalue weighted by Gasteiger charge is -2.42. The topological polar surface area (TPSA) is 84.4 Å². The van der Waals surface area contributed by atoms with Crippen LogP contribution in [-0.2, 0) is 0 Å². The molecule has 0 saturated carbocycles. The number of hydrogen-bond donors (Lipinski definition) is 2. The van der Waals surface area contributed by atoms with Crippen molar-refractivity contribution >= 4 is 28.9 Å². The van der Waals surface area contributed by atoms with Crippen molar-refractivity contribution < 1.29 is 9.32 Å². The van der Waals surface area contributed by atoms with Gasteiger partial charge in [0.2, 0.25) is 0 Å². The molecule has 3 N–H and O–H groups in total. The van der Waals surface area contributed by atoms with E-state index in [9.17, 15) is 4.79 Å². The van der Waals surface area contributed by atoms with Crippen LogP contribution >= 0.6 is 11.6 Å². The molecule has 0 saturated heterocycles. The standard InChI is InChI=1S/C19H17ClN4O2/c20-11-14-22-15-16(19(21)25)23-26-18(15)17(12-7-3-1-4-8-12)24(14)13-9-5-2-6-10-13/h1-10,14,17,22H,11H2,(H2,21,25). The number of fused-ring (bicyclic) bond motifs is 1. The third-order valence-electron chi connectivity index (χ3n) is 4.44. The smallest absolute Gasteiger partial charge is 0.273 e. The zero-order chi connectivity index (χ0) is 18.1. The largest absolute Gasteiger partial charge is 0.364 e. The van der Waals surface area contributed by atoms with Gasteiger partial charge in [-0.1, -0.05) is 53.7 Å². The fraction of sp³-hybridized carbons (Fsp3) is 0.158. The number of amides is 1. The minimum absolute atomic E-state index is 0.0868. The molecule has 1 amide bonds. The Hall–Kier alpha value is -2.99. The van der Waals surface area contributed by atoms with E-state index in [2.05, 4.69) is 15.4 Å². The van der Waals surface area contributed by atoms with Crippen LogP contribution in [0.25, 0.3) is 0 Å². The molecular weight excluding hydrogens is 352 g/mol. The van der Waals surface area contributed by atoms with Crippen molar-refractivity contribution in [1.29, 1.82) is 0 Å². The molecule has 0 bridgehead atoms. The van der Waals surface area contributed by atoms with Crippen LogP contribution in [0.3, 0.4) is 0 Å². The lowest BCUT2D eigenvalue weighted by atomic mass is 9.97. The quantitative estimate of drug-likeness (QED) is 0.690. The number of nitrogens with one attached hydrogen (secondary N) is 1. The molecule has 132 valence electrons. The van der Waals surface area contributed by atoms with Crippen LogP contribution in [0.2, 0.25) is 0 Å². The summed E-state index contributed by atoms with van der Waals surface area (Å²) in [7, 11) is 0. The summed E-state index contributed by atoms with van der Waals surface area (Å²) < 4.78 is 5.56. The normalized spacial score (nSPS) is 18.9. The van der Waals surface area contributed by atoms with Crippen molar-refractivity contribution in [2.75, 3.05) is 16.1 Å². The van der Waals surface area contributed by atoms with E-state index in [1.807, 2.05) is 60.7 Å². The second kappa shape index (κ2) is 6.72. The number of anilines is 2. The van der Waals surface area contributed by atoms with E-state index in [0.717, 1.165) is 11.3 Å². The Bertz CT molecular complexity index is 914. The van der Waals surface area contributed by atoms with E-state index >= 15 is 0 Å². The van der Waals surface area contributed by atoms with Crippen molar-refractivity contribution in [2.45, 2.75) is 12.2 Å². The number of nitrogens with two attached hydrogens (primary N) is 1. The number of primary amides is 1. The van der Waals surface area contributed by atoms with Crippen LogP contribution < -0.4 is 16.0 Å². The Morgan fingerprint density at radius 1 is 1.15 bits per heavy atom. The molecule has 0 fully saturated rings. The molecule has 1 aliphatic heterocycles. The van der Waals surface area contributed by atoms with E-state index in [4.69, 9.17) is 21.9 Å². The predicted octanol–water partition coefficient (Wildman–Crippen LogP) is 3.36. The summed E-state index contributed by atoms with van der Waals surface area (Å²) in [5.74, 6) is 0.187. The highest BCUT2D eigenvalue weighted by molar-refractivity contribution is 6.18. The first-order valence-electron chi connectivity index (χ1n) is 8.21. The molecule has 7 heteroatoms. The molecule has 2 atom stereocenters. The maximum atomic E-state index is 11.7. The molecule has 1 aliphatic rings. The van der Waals surface area contributed by atoms with Crippen molar-refractivity contribution in [1.82, 2.24) is 5.16 Å². The van der Waals surface area contributed by atoms with Crippen LogP contribution in [0.5, 0.6) is 0 Å². The van der Waals surface area contributed by atoms with Gasteiger partial charge < -0.3 is 20.5 Å². The van der Waals surface area contributed by atoms with Gasteiger partial charge in [0, 0.05) is 5.69 Å². The summed E-state index contributed by atoms with van der Waals surface area (Å²) >= 11 is 6.27. The van der Waals surface area contributed by atoms with E-state index < -0.39 is 5.91 Å². The fourth-order valence-corrected chi connectivity index (χ4v) is 3.55. The Morgan fingerprint density at radius 3 is 2.42 bits per heavy atom. The van der Waals surface area contributed by atoms with Gasteiger partial charge in [-0.15, -0.1) is 11.6 Å². The van der Waals surface area contributed by atoms with E-state index in [-0.39, 0.29) is 17.9 Å². The van der Waals surface area contributed by atoms with Gasteiger partial charge in [-0.05, 0) is 17.7 Å². The van der Waals surface area contributed by atoms with Crippen molar-refractivity contribution in [3.05, 3.63) is 77.7 Å². The Morgan fingerprint density at radius 2 is 1.81 bits per heavy atom. The number of benzene rings is 2. The second-order valence-electron chi connectivity index (χ2n) is 6.01. The average molecular weight is 369 g/mol. The monoisotopic (exact) mass is 368 g/mol. The maximum absolute atomic E-state index is 11.7. The molecular formula is C19H17ClN4O2. The number of hydrogen-bond acceptors (Lipinski definition) is 5. The SMILES string of the molecule is NC(=O)c1noc2c1NC(CCl)N(c1ccccc1)C2c1ccccc1. The Balaban J connectivity index is 1.93. The van der Waals surface area contributed by atoms with E-state index in [1.54, 1.807) is 0 Å². The third-order valence-corrected chi connectivity index (χ3v) is 4.73. The highest BCUT2D eigenvalue weighted by Crippen LogP contribution is 2.43. The number of alkyl halides is 1. The van der Waals surface area contributed by atoms with Gasteiger partial charge in [-0.3, -0.25) is 4.79 Å². The minimum Gasteiger partial charge on any atom is -0.364 e. The molecule has 2 heterocycles. The summed E-state index contributed by atoms with van der Waals surface area (Å²) in [6, 6.07) is 19.5. The van der Waals surface area contributed by atoms with Crippen LogP contribution in [0, 0.1) is 0 Å². The summed E-state index contributed by atoms with van der Waals surface area (Å²) in [6.45, 7) is 0. The average Bonchev–Trinajstić information content (AvgIpc) is 3.11.